The number of hydrazine groups is 1. The zero-order valence-electron chi connectivity index (χ0n) is 24.2. The summed E-state index contributed by atoms with van der Waals surface area (Å²) in [4.78, 5) is 51.3. The highest BCUT2D eigenvalue weighted by Gasteiger charge is 2.50. The number of nitrogens with two attached hydrogens (primary N) is 2. The van der Waals surface area contributed by atoms with Crippen LogP contribution < -0.4 is 17.1 Å². The molecule has 3 amide bonds. The highest BCUT2D eigenvalue weighted by atomic mass is 35.5. The molecule has 12 nitrogen and oxygen atoms in total. The average molecular weight is 676 g/mol. The van der Waals surface area contributed by atoms with Crippen LogP contribution in [0.15, 0.2) is 60.7 Å². The second-order valence-electron chi connectivity index (χ2n) is 11.0. The molecule has 0 radical (unpaired) electrons. The van der Waals surface area contributed by atoms with E-state index in [-0.39, 0.29) is 22.9 Å². The highest BCUT2D eigenvalue weighted by Crippen LogP contribution is 2.48. The minimum absolute atomic E-state index is 0.0420. The molecule has 0 bridgehead atoms. The van der Waals surface area contributed by atoms with E-state index in [1.54, 1.807) is 53.4 Å². The molecule has 0 spiro atoms. The van der Waals surface area contributed by atoms with E-state index in [1.807, 2.05) is 0 Å². The van der Waals surface area contributed by atoms with Gasteiger partial charge in [0.05, 0.1) is 36.0 Å². The lowest BCUT2D eigenvalue weighted by Crippen LogP contribution is -2.61. The monoisotopic (exact) mass is 674 g/mol. The fourth-order valence-corrected chi connectivity index (χ4v) is 7.43. The molecule has 2 aromatic carbocycles. The molecule has 45 heavy (non-hydrogen) atoms. The average Bonchev–Trinajstić information content (AvgIpc) is 3.00. The minimum atomic E-state index is -3.83. The van der Waals surface area contributed by atoms with Crippen LogP contribution in [0.2, 0.25) is 10.0 Å². The number of sulfonamides is 1. The van der Waals surface area contributed by atoms with Crippen molar-refractivity contribution in [3.05, 3.63) is 98.8 Å². The van der Waals surface area contributed by atoms with Gasteiger partial charge in [-0.2, -0.15) is 0 Å². The molecule has 4 atom stereocenters. The topological polar surface area (TPSA) is 178 Å². The first-order chi connectivity index (χ1) is 21.4. The summed E-state index contributed by atoms with van der Waals surface area (Å²) in [5, 5.41) is 0.574. The fraction of sp³-hybridized carbons (Fsp3) is 0.333. The van der Waals surface area contributed by atoms with Crippen molar-refractivity contribution < 1.29 is 27.6 Å². The number of carbonyl (C=O) groups is 3. The van der Waals surface area contributed by atoms with Gasteiger partial charge >= 0.3 is 0 Å². The van der Waals surface area contributed by atoms with E-state index < -0.39 is 51.8 Å². The van der Waals surface area contributed by atoms with Crippen molar-refractivity contribution in [1.82, 2.24) is 19.8 Å². The Kier molecular flexibility index (Phi) is 9.77. The van der Waals surface area contributed by atoms with Gasteiger partial charge < -0.3 is 10.6 Å². The number of hydroxylamine groups is 1. The van der Waals surface area contributed by atoms with Gasteiger partial charge in [0.1, 0.15) is 12.3 Å². The second-order valence-corrected chi connectivity index (χ2v) is 13.8. The van der Waals surface area contributed by atoms with Crippen molar-refractivity contribution in [2.75, 3.05) is 6.26 Å². The van der Waals surface area contributed by atoms with Gasteiger partial charge in [0.2, 0.25) is 10.0 Å². The van der Waals surface area contributed by atoms with Crippen LogP contribution in [0.3, 0.4) is 0 Å². The maximum atomic E-state index is 14.4. The fourth-order valence-electron chi connectivity index (χ4n) is 6.17. The maximum absolute atomic E-state index is 14.4. The van der Waals surface area contributed by atoms with Gasteiger partial charge in [0, 0.05) is 15.6 Å². The van der Waals surface area contributed by atoms with Gasteiger partial charge in [-0.15, -0.1) is 4.41 Å². The lowest BCUT2D eigenvalue weighted by atomic mass is 9.76. The molecule has 15 heteroatoms. The number of fused-ring (bicyclic) bond motifs is 1. The molecule has 238 valence electrons. The van der Waals surface area contributed by atoms with E-state index in [0.717, 1.165) is 10.7 Å². The first kappa shape index (κ1) is 32.8. The minimum Gasteiger partial charge on any atom is -0.364 e. The predicted molar refractivity (Wildman–Crippen MR) is 167 cm³/mol. The lowest BCUT2D eigenvalue weighted by molar-refractivity contribution is -0.138. The Hall–Kier alpha value is -3.59. The summed E-state index contributed by atoms with van der Waals surface area (Å²) >= 11 is 13.0. The number of nitrogens with zero attached hydrogens (tertiary/aromatic N) is 3. The number of benzene rings is 2. The molecule has 2 heterocycles. The van der Waals surface area contributed by atoms with Gasteiger partial charge in [-0.25, -0.2) is 18.9 Å². The Balaban J connectivity index is 1.58. The Morgan fingerprint density at radius 1 is 1.07 bits per heavy atom. The predicted octanol–water partition coefficient (Wildman–Crippen LogP) is 3.46. The lowest BCUT2D eigenvalue weighted by Gasteiger charge is -2.50. The molecular formula is C30H32Cl2N6O6S. The summed E-state index contributed by atoms with van der Waals surface area (Å²) in [6, 6.07) is 13.7. The van der Waals surface area contributed by atoms with E-state index in [0.29, 0.717) is 47.5 Å². The molecule has 5 rings (SSSR count). The number of hydrogen-bond acceptors (Lipinski definition) is 8. The van der Waals surface area contributed by atoms with E-state index >= 15 is 0 Å². The first-order valence-corrected chi connectivity index (χ1v) is 16.8. The van der Waals surface area contributed by atoms with Crippen LogP contribution in [0.5, 0.6) is 0 Å². The molecule has 1 saturated carbocycles. The van der Waals surface area contributed by atoms with Crippen molar-refractivity contribution in [2.45, 2.75) is 56.3 Å². The van der Waals surface area contributed by atoms with Gasteiger partial charge in [-0.05, 0) is 54.3 Å². The van der Waals surface area contributed by atoms with Crippen LogP contribution >= 0.6 is 23.2 Å². The van der Waals surface area contributed by atoms with E-state index in [4.69, 9.17) is 39.6 Å². The maximum Gasteiger partial charge on any atom is 0.267 e. The third kappa shape index (κ3) is 6.83. The Morgan fingerprint density at radius 2 is 1.80 bits per heavy atom. The normalized spacial score (nSPS) is 21.8. The Bertz CT molecular complexity index is 1740. The molecule has 0 saturated heterocycles. The van der Waals surface area contributed by atoms with E-state index in [2.05, 4.69) is 10.5 Å². The van der Waals surface area contributed by atoms with Crippen LogP contribution in [-0.4, -0.2) is 58.8 Å². The molecule has 2 aliphatic rings. The van der Waals surface area contributed by atoms with E-state index in [1.165, 1.54) is 12.1 Å². The standard InChI is InChI=1S/C30H32Cl2N6O6S/c1-45(42,43)38(34)25-12-5-4-11-24(25)37-27(21-14-13-17(31)15-22(21)32)26(19-8-2-3-9-20(19)30(37)41)29(40)36-44-16-18-7-6-10-23(35-18)28(33)39/h2-3,6-10,13-15,24-27H,4-5,11-12,16,34H2,1H3,(H2,33,39)(H,36,40)/t24-,25-,26+,27-/m0/s1. The second kappa shape index (κ2) is 13.4. The third-order valence-electron chi connectivity index (χ3n) is 8.15. The summed E-state index contributed by atoms with van der Waals surface area (Å²) in [6.07, 6.45) is 3.29. The number of amides is 3. The number of carbonyl (C=O) groups excluding carboxylic acids is 3. The van der Waals surface area contributed by atoms with Crippen molar-refractivity contribution in [2.24, 2.45) is 11.6 Å². The summed E-state index contributed by atoms with van der Waals surface area (Å²) in [5.41, 5.74) is 9.35. The summed E-state index contributed by atoms with van der Waals surface area (Å²) in [6.45, 7) is -0.183. The molecule has 1 aliphatic heterocycles. The third-order valence-corrected chi connectivity index (χ3v) is 9.75. The van der Waals surface area contributed by atoms with Crippen molar-refractivity contribution in [3.8, 4) is 0 Å². The van der Waals surface area contributed by atoms with E-state index in [9.17, 15) is 22.8 Å². The zero-order chi connectivity index (χ0) is 32.5. The summed E-state index contributed by atoms with van der Waals surface area (Å²) < 4.78 is 26.0. The molecule has 1 aromatic heterocycles. The molecular weight excluding hydrogens is 643 g/mol. The first-order valence-electron chi connectivity index (χ1n) is 14.2. The molecule has 5 N–H and O–H groups in total. The number of pyridine rings is 1. The van der Waals surface area contributed by atoms with Crippen LogP contribution in [-0.2, 0) is 26.3 Å². The molecule has 0 unspecified atom stereocenters. The highest BCUT2D eigenvalue weighted by molar-refractivity contribution is 7.88. The number of hydrogen-bond donors (Lipinski definition) is 3. The number of aromatic nitrogens is 1. The van der Waals surface area contributed by atoms with Crippen LogP contribution in [0, 0.1) is 0 Å². The van der Waals surface area contributed by atoms with Crippen molar-refractivity contribution in [1.29, 1.82) is 0 Å². The number of nitrogens with one attached hydrogen (secondary N) is 1. The number of halogens is 2. The summed E-state index contributed by atoms with van der Waals surface area (Å²) in [7, 11) is -3.83. The number of rotatable bonds is 9. The Morgan fingerprint density at radius 3 is 2.51 bits per heavy atom. The Labute approximate surface area is 270 Å². The van der Waals surface area contributed by atoms with Gasteiger partial charge in [-0.1, -0.05) is 66.4 Å². The van der Waals surface area contributed by atoms with Crippen molar-refractivity contribution >= 4 is 50.9 Å². The molecule has 3 aromatic rings. The van der Waals surface area contributed by atoms with Gasteiger partial charge in [0.15, 0.2) is 0 Å². The van der Waals surface area contributed by atoms with Crippen molar-refractivity contribution in [3.63, 3.8) is 0 Å². The smallest absolute Gasteiger partial charge is 0.267 e. The van der Waals surface area contributed by atoms with Crippen LogP contribution in [0.4, 0.5) is 0 Å². The summed E-state index contributed by atoms with van der Waals surface area (Å²) in [5.74, 6) is 3.43. The SMILES string of the molecule is CS(=O)(=O)N(N)[C@H]1CCCC[C@@H]1N1C(=O)c2ccccc2[C@@H](C(=O)NOCc2cccc(C(N)=O)n2)[C@@H]1c1ccc(Cl)cc1Cl. The largest absolute Gasteiger partial charge is 0.364 e. The zero-order valence-corrected chi connectivity index (χ0v) is 26.6. The van der Waals surface area contributed by atoms with Crippen LogP contribution in [0.25, 0.3) is 0 Å². The quantitative estimate of drug-likeness (QED) is 0.228. The molecule has 1 fully saturated rings. The molecule has 1 aliphatic carbocycles. The van der Waals surface area contributed by atoms with Gasteiger partial charge in [0.25, 0.3) is 17.7 Å². The van der Waals surface area contributed by atoms with Crippen LogP contribution in [0.1, 0.15) is 75.3 Å². The van der Waals surface area contributed by atoms with Gasteiger partial charge in [-0.3, -0.25) is 25.1 Å². The number of primary amides is 1.